The van der Waals surface area contributed by atoms with Crippen molar-refractivity contribution < 1.29 is 9.21 Å². The van der Waals surface area contributed by atoms with Crippen molar-refractivity contribution in [3.63, 3.8) is 0 Å². The van der Waals surface area contributed by atoms with E-state index in [2.05, 4.69) is 10.2 Å². The molecule has 1 saturated carbocycles. The summed E-state index contributed by atoms with van der Waals surface area (Å²) >= 11 is 7.15. The zero-order valence-electron chi connectivity index (χ0n) is 13.6. The molecule has 1 amide bonds. The molecule has 1 aromatic heterocycles. The Balaban J connectivity index is 1.55. The van der Waals surface area contributed by atoms with Crippen molar-refractivity contribution in [2.45, 2.75) is 43.4 Å². The third-order valence-electron chi connectivity index (χ3n) is 4.33. The van der Waals surface area contributed by atoms with Gasteiger partial charge in [0, 0.05) is 23.7 Å². The molecular weight excluding hydrogens is 346 g/mol. The minimum absolute atomic E-state index is 0.109. The van der Waals surface area contributed by atoms with Gasteiger partial charge in [-0.1, -0.05) is 42.6 Å². The third-order valence-corrected chi connectivity index (χ3v) is 5.39. The van der Waals surface area contributed by atoms with Gasteiger partial charge in [-0.15, -0.1) is 10.2 Å². The molecule has 1 heterocycles. The first-order chi connectivity index (χ1) is 11.6. The quantitative estimate of drug-likeness (QED) is 0.740. The van der Waals surface area contributed by atoms with Crippen LogP contribution in [0.3, 0.4) is 0 Å². The second-order valence-corrected chi connectivity index (χ2v) is 7.33. The molecule has 1 aromatic carbocycles. The largest absolute Gasteiger partial charge is 0.411 e. The van der Waals surface area contributed by atoms with Crippen LogP contribution in [0.25, 0.3) is 11.5 Å². The monoisotopic (exact) mass is 365 g/mol. The standard InChI is InChI=1S/C17H20ClN3O2S/c1-21(14-5-3-2-4-6-14)15(22)11-24-17-20-19-16(23-17)12-7-9-13(18)10-8-12/h7-10,14H,2-6,11H2,1H3. The van der Waals surface area contributed by atoms with Gasteiger partial charge in [-0.3, -0.25) is 4.79 Å². The first-order valence-corrected chi connectivity index (χ1v) is 9.48. The SMILES string of the molecule is CN(C(=O)CSc1nnc(-c2ccc(Cl)cc2)o1)C1CCCCC1. The Bertz CT molecular complexity index is 683. The second kappa shape index (κ2) is 8.03. The molecule has 0 aliphatic heterocycles. The van der Waals surface area contributed by atoms with E-state index >= 15 is 0 Å². The Kier molecular flexibility index (Phi) is 5.79. The molecule has 1 aliphatic carbocycles. The zero-order chi connectivity index (χ0) is 16.9. The number of rotatable bonds is 5. The fraction of sp³-hybridized carbons (Fsp3) is 0.471. The van der Waals surface area contributed by atoms with Crippen LogP contribution in [0.15, 0.2) is 33.9 Å². The summed E-state index contributed by atoms with van der Waals surface area (Å²) in [5.41, 5.74) is 0.810. The zero-order valence-corrected chi connectivity index (χ0v) is 15.1. The van der Waals surface area contributed by atoms with Crippen LogP contribution >= 0.6 is 23.4 Å². The van der Waals surface area contributed by atoms with Crippen LogP contribution in [-0.2, 0) is 4.79 Å². The highest BCUT2D eigenvalue weighted by Gasteiger charge is 2.22. The number of carbonyl (C=O) groups is 1. The van der Waals surface area contributed by atoms with E-state index in [9.17, 15) is 4.79 Å². The summed E-state index contributed by atoms with van der Waals surface area (Å²) in [6.07, 6.45) is 5.91. The molecule has 3 rings (SSSR count). The topological polar surface area (TPSA) is 59.2 Å². The molecule has 1 aliphatic rings. The highest BCUT2D eigenvalue weighted by atomic mass is 35.5. The molecule has 128 valence electrons. The molecular formula is C17H20ClN3O2S. The van der Waals surface area contributed by atoms with Crippen molar-refractivity contribution in [2.75, 3.05) is 12.8 Å². The molecule has 0 atom stereocenters. The number of amides is 1. The van der Waals surface area contributed by atoms with Crippen LogP contribution < -0.4 is 0 Å². The maximum Gasteiger partial charge on any atom is 0.277 e. The molecule has 2 aromatic rings. The van der Waals surface area contributed by atoms with E-state index in [0.29, 0.717) is 27.9 Å². The summed E-state index contributed by atoms with van der Waals surface area (Å²) in [6, 6.07) is 7.57. The average molecular weight is 366 g/mol. The van der Waals surface area contributed by atoms with Gasteiger partial charge in [0.15, 0.2) is 0 Å². The minimum Gasteiger partial charge on any atom is -0.411 e. The van der Waals surface area contributed by atoms with E-state index in [0.717, 1.165) is 18.4 Å². The van der Waals surface area contributed by atoms with Crippen LogP contribution in [0.4, 0.5) is 0 Å². The summed E-state index contributed by atoms with van der Waals surface area (Å²) in [4.78, 5) is 14.2. The Hall–Kier alpha value is -1.53. The fourth-order valence-electron chi connectivity index (χ4n) is 2.87. The van der Waals surface area contributed by atoms with E-state index in [1.54, 1.807) is 12.1 Å². The molecule has 0 spiro atoms. The van der Waals surface area contributed by atoms with Gasteiger partial charge < -0.3 is 9.32 Å². The number of aromatic nitrogens is 2. The Labute approximate surface area is 150 Å². The molecule has 7 heteroatoms. The third kappa shape index (κ3) is 4.30. The van der Waals surface area contributed by atoms with Crippen molar-refractivity contribution in [1.29, 1.82) is 0 Å². The van der Waals surface area contributed by atoms with Gasteiger partial charge in [-0.2, -0.15) is 0 Å². The number of benzene rings is 1. The number of hydrogen-bond acceptors (Lipinski definition) is 5. The minimum atomic E-state index is 0.109. The second-order valence-electron chi connectivity index (χ2n) is 5.97. The lowest BCUT2D eigenvalue weighted by molar-refractivity contribution is -0.129. The lowest BCUT2D eigenvalue weighted by Crippen LogP contribution is -2.39. The van der Waals surface area contributed by atoms with Crippen LogP contribution in [0.2, 0.25) is 5.02 Å². The fourth-order valence-corrected chi connectivity index (χ4v) is 3.69. The van der Waals surface area contributed by atoms with Crippen LogP contribution in [0.1, 0.15) is 32.1 Å². The van der Waals surface area contributed by atoms with Crippen LogP contribution in [-0.4, -0.2) is 39.8 Å². The summed E-state index contributed by atoms with van der Waals surface area (Å²) in [6.45, 7) is 0. The molecule has 5 nitrogen and oxygen atoms in total. The summed E-state index contributed by atoms with van der Waals surface area (Å²) in [5, 5.41) is 9.09. The highest BCUT2D eigenvalue weighted by molar-refractivity contribution is 7.99. The van der Waals surface area contributed by atoms with E-state index in [1.165, 1.54) is 31.0 Å². The smallest absolute Gasteiger partial charge is 0.277 e. The predicted molar refractivity (Wildman–Crippen MR) is 95.1 cm³/mol. The summed E-state index contributed by atoms with van der Waals surface area (Å²) in [5.74, 6) is 0.857. The van der Waals surface area contributed by atoms with Crippen molar-refractivity contribution in [3.05, 3.63) is 29.3 Å². The van der Waals surface area contributed by atoms with Gasteiger partial charge in [0.25, 0.3) is 5.22 Å². The first kappa shape index (κ1) is 17.3. The van der Waals surface area contributed by atoms with Gasteiger partial charge in [-0.25, -0.2) is 0 Å². The van der Waals surface area contributed by atoms with Gasteiger partial charge in [0.1, 0.15) is 0 Å². The number of carbonyl (C=O) groups excluding carboxylic acids is 1. The Morgan fingerprint density at radius 2 is 1.96 bits per heavy atom. The molecule has 0 saturated heterocycles. The molecule has 0 radical (unpaired) electrons. The van der Waals surface area contributed by atoms with Crippen molar-refractivity contribution in [2.24, 2.45) is 0 Å². The Morgan fingerprint density at radius 1 is 1.25 bits per heavy atom. The van der Waals surface area contributed by atoms with Gasteiger partial charge in [0.05, 0.1) is 5.75 Å². The van der Waals surface area contributed by atoms with E-state index in [1.807, 2.05) is 24.1 Å². The normalized spacial score (nSPS) is 15.4. The maximum absolute atomic E-state index is 12.3. The molecule has 0 bridgehead atoms. The van der Waals surface area contributed by atoms with Crippen molar-refractivity contribution >= 4 is 29.3 Å². The summed E-state index contributed by atoms with van der Waals surface area (Å²) < 4.78 is 5.61. The number of thioether (sulfide) groups is 1. The van der Waals surface area contributed by atoms with Crippen molar-refractivity contribution in [3.8, 4) is 11.5 Å². The van der Waals surface area contributed by atoms with Gasteiger partial charge in [-0.05, 0) is 37.1 Å². The Morgan fingerprint density at radius 3 is 2.67 bits per heavy atom. The molecule has 0 N–H and O–H groups in total. The van der Waals surface area contributed by atoms with E-state index in [-0.39, 0.29) is 5.91 Å². The molecule has 24 heavy (non-hydrogen) atoms. The van der Waals surface area contributed by atoms with Gasteiger partial charge >= 0.3 is 0 Å². The predicted octanol–water partition coefficient (Wildman–Crippen LogP) is 4.27. The summed E-state index contributed by atoms with van der Waals surface area (Å²) in [7, 11) is 1.89. The van der Waals surface area contributed by atoms with Crippen molar-refractivity contribution in [1.82, 2.24) is 15.1 Å². The average Bonchev–Trinajstić information content (AvgIpc) is 3.09. The van der Waals surface area contributed by atoms with Crippen LogP contribution in [0.5, 0.6) is 0 Å². The maximum atomic E-state index is 12.3. The van der Waals surface area contributed by atoms with E-state index < -0.39 is 0 Å². The molecule has 0 unspecified atom stereocenters. The first-order valence-electron chi connectivity index (χ1n) is 8.11. The number of nitrogens with zero attached hydrogens (tertiary/aromatic N) is 3. The highest BCUT2D eigenvalue weighted by Crippen LogP contribution is 2.26. The lowest BCUT2D eigenvalue weighted by Gasteiger charge is -2.31. The lowest BCUT2D eigenvalue weighted by atomic mass is 9.94. The number of halogens is 1. The van der Waals surface area contributed by atoms with Gasteiger partial charge in [0.2, 0.25) is 11.8 Å². The van der Waals surface area contributed by atoms with Crippen LogP contribution in [0, 0.1) is 0 Å². The molecule has 1 fully saturated rings. The number of hydrogen-bond donors (Lipinski definition) is 0. The van der Waals surface area contributed by atoms with E-state index in [4.69, 9.17) is 16.0 Å².